The molecule has 1 fully saturated rings. The second-order valence-corrected chi connectivity index (χ2v) is 8.64. The second-order valence-electron chi connectivity index (χ2n) is 7.70. The molecule has 2 aromatic carbocycles. The summed E-state index contributed by atoms with van der Waals surface area (Å²) in [6, 6.07) is 15.1. The minimum absolute atomic E-state index is 0.0988. The van der Waals surface area contributed by atoms with Crippen LogP contribution in [-0.4, -0.2) is 61.2 Å². The molecule has 4 rings (SSSR count). The monoisotopic (exact) mass is 468 g/mol. The number of thioether (sulfide) groups is 1. The minimum atomic E-state index is -0.148. The number of carbonyl (C=O) groups excluding carboxylic acids is 1. The van der Waals surface area contributed by atoms with E-state index < -0.39 is 0 Å². The first-order valence-corrected chi connectivity index (χ1v) is 12.0. The number of hydrogen-bond donors (Lipinski definition) is 1. The van der Waals surface area contributed by atoms with Crippen molar-refractivity contribution in [3.05, 3.63) is 58.9 Å². The van der Waals surface area contributed by atoms with Crippen LogP contribution in [0, 0.1) is 0 Å². The lowest BCUT2D eigenvalue weighted by Gasteiger charge is -2.28. The smallest absolute Gasteiger partial charge is 0.262 e. The van der Waals surface area contributed by atoms with Crippen LogP contribution in [0.25, 0.3) is 10.9 Å². The van der Waals surface area contributed by atoms with E-state index in [1.54, 1.807) is 17.7 Å². The molecule has 3 aromatic rings. The van der Waals surface area contributed by atoms with Crippen LogP contribution in [0.15, 0.2) is 58.5 Å². The van der Waals surface area contributed by atoms with Crippen molar-refractivity contribution in [3.8, 4) is 0 Å². The van der Waals surface area contributed by atoms with Crippen LogP contribution < -0.4 is 15.8 Å². The Balaban J connectivity index is 1.42. The number of methoxy groups -OCH3 is 1. The molecule has 1 amide bonds. The quantitative estimate of drug-likeness (QED) is 0.294. The van der Waals surface area contributed by atoms with Gasteiger partial charge >= 0.3 is 0 Å². The van der Waals surface area contributed by atoms with E-state index in [1.165, 1.54) is 11.8 Å². The van der Waals surface area contributed by atoms with E-state index in [0.29, 0.717) is 35.6 Å². The highest BCUT2D eigenvalue weighted by Gasteiger charge is 2.14. The SMILES string of the molecule is COCCCn1c(SCC(=O)Nc2ccc(N3CCOCC3)cc2)nc2ccccc2c1=O. The number of anilines is 2. The van der Waals surface area contributed by atoms with Gasteiger partial charge in [0.2, 0.25) is 5.91 Å². The summed E-state index contributed by atoms with van der Waals surface area (Å²) in [5.41, 5.74) is 2.39. The summed E-state index contributed by atoms with van der Waals surface area (Å²) in [7, 11) is 1.63. The average molecular weight is 469 g/mol. The number of nitrogens with zero attached hydrogens (tertiary/aromatic N) is 3. The van der Waals surface area contributed by atoms with E-state index in [4.69, 9.17) is 9.47 Å². The molecule has 1 aliphatic heterocycles. The maximum atomic E-state index is 13.0. The first kappa shape index (κ1) is 23.3. The lowest BCUT2D eigenvalue weighted by Crippen LogP contribution is -2.36. The summed E-state index contributed by atoms with van der Waals surface area (Å²) in [6.45, 7) is 4.23. The molecule has 0 aliphatic carbocycles. The van der Waals surface area contributed by atoms with Crippen LogP contribution >= 0.6 is 11.8 Å². The normalized spacial score (nSPS) is 13.9. The van der Waals surface area contributed by atoms with Gasteiger partial charge in [0.25, 0.3) is 5.56 Å². The molecule has 0 radical (unpaired) electrons. The number of fused-ring (bicyclic) bond motifs is 1. The van der Waals surface area contributed by atoms with Crippen LogP contribution in [0.5, 0.6) is 0 Å². The fraction of sp³-hybridized carbons (Fsp3) is 0.375. The van der Waals surface area contributed by atoms with E-state index in [9.17, 15) is 9.59 Å². The third-order valence-corrected chi connectivity index (χ3v) is 6.39. The third-order valence-electron chi connectivity index (χ3n) is 5.42. The largest absolute Gasteiger partial charge is 0.385 e. The van der Waals surface area contributed by atoms with Crippen molar-refractivity contribution in [1.82, 2.24) is 9.55 Å². The number of amides is 1. The molecule has 33 heavy (non-hydrogen) atoms. The number of ether oxygens (including phenoxy) is 2. The van der Waals surface area contributed by atoms with Crippen LogP contribution in [0.1, 0.15) is 6.42 Å². The number of benzene rings is 2. The van der Waals surface area contributed by atoms with Gasteiger partial charge in [-0.05, 0) is 42.8 Å². The van der Waals surface area contributed by atoms with Gasteiger partial charge in [-0.1, -0.05) is 23.9 Å². The Morgan fingerprint density at radius 2 is 1.91 bits per heavy atom. The van der Waals surface area contributed by atoms with E-state index in [2.05, 4.69) is 15.2 Å². The number of nitrogens with one attached hydrogen (secondary N) is 1. The fourth-order valence-corrected chi connectivity index (χ4v) is 4.55. The van der Waals surface area contributed by atoms with Crippen LogP contribution in [0.4, 0.5) is 11.4 Å². The van der Waals surface area contributed by atoms with Crippen molar-refractivity contribution >= 4 is 39.9 Å². The Kier molecular flexibility index (Phi) is 7.98. The van der Waals surface area contributed by atoms with Crippen molar-refractivity contribution < 1.29 is 14.3 Å². The highest BCUT2D eigenvalue weighted by molar-refractivity contribution is 7.99. The number of morpholine rings is 1. The maximum Gasteiger partial charge on any atom is 0.262 e. The van der Waals surface area contributed by atoms with Gasteiger partial charge in [0, 0.05) is 44.7 Å². The zero-order valence-corrected chi connectivity index (χ0v) is 19.5. The Labute approximate surface area is 196 Å². The topological polar surface area (TPSA) is 85.7 Å². The molecule has 0 spiro atoms. The van der Waals surface area contributed by atoms with Gasteiger partial charge in [-0.25, -0.2) is 4.98 Å². The summed E-state index contributed by atoms with van der Waals surface area (Å²) in [5.74, 6) is 0.00487. The predicted molar refractivity (Wildman–Crippen MR) is 131 cm³/mol. The van der Waals surface area contributed by atoms with E-state index in [-0.39, 0.29) is 17.2 Å². The molecule has 174 valence electrons. The van der Waals surface area contributed by atoms with Crippen LogP contribution in [0.3, 0.4) is 0 Å². The molecular weight excluding hydrogens is 440 g/mol. The van der Waals surface area contributed by atoms with Crippen LogP contribution in [0.2, 0.25) is 0 Å². The minimum Gasteiger partial charge on any atom is -0.385 e. The van der Waals surface area contributed by atoms with Crippen molar-refractivity contribution in [2.75, 3.05) is 56.0 Å². The highest BCUT2D eigenvalue weighted by atomic mass is 32.2. The molecule has 2 heterocycles. The molecule has 8 nitrogen and oxygen atoms in total. The molecule has 0 bridgehead atoms. The zero-order chi connectivity index (χ0) is 23.0. The Bertz CT molecular complexity index is 1140. The van der Waals surface area contributed by atoms with E-state index in [1.807, 2.05) is 42.5 Å². The lowest BCUT2D eigenvalue weighted by atomic mass is 10.2. The van der Waals surface area contributed by atoms with E-state index >= 15 is 0 Å². The first-order valence-electron chi connectivity index (χ1n) is 11.0. The van der Waals surface area contributed by atoms with E-state index in [0.717, 1.165) is 37.7 Å². The van der Waals surface area contributed by atoms with Gasteiger partial charge < -0.3 is 19.7 Å². The average Bonchev–Trinajstić information content (AvgIpc) is 2.85. The van der Waals surface area contributed by atoms with Crippen molar-refractivity contribution in [1.29, 1.82) is 0 Å². The third kappa shape index (κ3) is 5.93. The summed E-state index contributed by atoms with van der Waals surface area (Å²) in [6.07, 6.45) is 0.686. The van der Waals surface area contributed by atoms with Gasteiger partial charge in [0.1, 0.15) is 0 Å². The van der Waals surface area contributed by atoms with Gasteiger partial charge in [-0.2, -0.15) is 0 Å². The summed E-state index contributed by atoms with van der Waals surface area (Å²) in [5, 5.41) is 4.04. The van der Waals surface area contributed by atoms with Crippen molar-refractivity contribution in [3.63, 3.8) is 0 Å². The summed E-state index contributed by atoms with van der Waals surface area (Å²) in [4.78, 5) is 32.5. The number of rotatable bonds is 9. The van der Waals surface area contributed by atoms with Crippen molar-refractivity contribution in [2.45, 2.75) is 18.1 Å². The standard InChI is InChI=1S/C24H28N4O4S/c1-31-14-4-11-28-23(30)20-5-2-3-6-21(20)26-24(28)33-17-22(29)25-18-7-9-19(10-8-18)27-12-15-32-16-13-27/h2-3,5-10H,4,11-17H2,1H3,(H,25,29). The highest BCUT2D eigenvalue weighted by Crippen LogP contribution is 2.21. The number of carbonyl (C=O) groups is 1. The lowest BCUT2D eigenvalue weighted by molar-refractivity contribution is -0.113. The Morgan fingerprint density at radius 3 is 2.67 bits per heavy atom. The van der Waals surface area contributed by atoms with Gasteiger partial charge in [0.05, 0.1) is 29.9 Å². The molecule has 1 saturated heterocycles. The van der Waals surface area contributed by atoms with Crippen LogP contribution in [-0.2, 0) is 20.8 Å². The number of hydrogen-bond acceptors (Lipinski definition) is 7. The number of aromatic nitrogens is 2. The van der Waals surface area contributed by atoms with Gasteiger partial charge in [-0.3, -0.25) is 14.2 Å². The Hall–Kier alpha value is -2.88. The second kappa shape index (κ2) is 11.3. The fourth-order valence-electron chi connectivity index (χ4n) is 3.73. The molecule has 0 unspecified atom stereocenters. The van der Waals surface area contributed by atoms with Gasteiger partial charge in [0.15, 0.2) is 5.16 Å². The summed E-state index contributed by atoms with van der Waals surface area (Å²) < 4.78 is 12.2. The number of para-hydroxylation sites is 1. The zero-order valence-electron chi connectivity index (χ0n) is 18.7. The van der Waals surface area contributed by atoms with Crippen molar-refractivity contribution in [2.24, 2.45) is 0 Å². The predicted octanol–water partition coefficient (Wildman–Crippen LogP) is 3.00. The molecule has 1 aromatic heterocycles. The molecule has 9 heteroatoms. The molecule has 1 N–H and O–H groups in total. The molecule has 0 saturated carbocycles. The van der Waals surface area contributed by atoms with Gasteiger partial charge in [-0.15, -0.1) is 0 Å². The Morgan fingerprint density at radius 1 is 1.15 bits per heavy atom. The first-order chi connectivity index (χ1) is 16.2. The molecular formula is C24H28N4O4S. The summed E-state index contributed by atoms with van der Waals surface area (Å²) >= 11 is 1.26. The molecule has 1 aliphatic rings. The maximum absolute atomic E-state index is 13.0. The molecule has 0 atom stereocenters.